The Morgan fingerprint density at radius 2 is 2.20 bits per heavy atom. The van der Waals surface area contributed by atoms with Gasteiger partial charge in [-0.1, -0.05) is 6.08 Å². The molecule has 1 rings (SSSR count). The molecule has 0 aromatic heterocycles. The van der Waals surface area contributed by atoms with Crippen LogP contribution >= 0.6 is 0 Å². The largest absolute Gasteiger partial charge is 0.508 e. The maximum Gasteiger partial charge on any atom is 0.257 e. The average Bonchev–Trinajstić information content (AvgIpc) is 2.21. The van der Waals surface area contributed by atoms with Crippen molar-refractivity contribution in [1.29, 1.82) is 0 Å². The lowest BCUT2D eigenvalue weighted by atomic mass is 10.1. The summed E-state index contributed by atoms with van der Waals surface area (Å²) in [5, 5.41) is 18.6. The van der Waals surface area contributed by atoms with Crippen LogP contribution < -0.4 is 0 Å². The minimum absolute atomic E-state index is 0.0526. The molecular weight excluding hydrogens is 194 g/mol. The van der Waals surface area contributed by atoms with Crippen LogP contribution in [-0.2, 0) is 0 Å². The number of rotatable bonds is 3. The van der Waals surface area contributed by atoms with E-state index in [4.69, 9.17) is 0 Å². The molecule has 0 saturated heterocycles. The molecule has 0 saturated carbocycles. The second-order valence-corrected chi connectivity index (χ2v) is 3.18. The molecule has 1 aromatic rings. The first-order valence-electron chi connectivity index (χ1n) is 4.44. The molecule has 4 nitrogen and oxygen atoms in total. The zero-order valence-electron chi connectivity index (χ0n) is 8.47. The third-order valence-electron chi connectivity index (χ3n) is 1.96. The zero-order valence-corrected chi connectivity index (χ0v) is 8.47. The molecule has 1 aromatic carbocycles. The Balaban J connectivity index is 2.99. The van der Waals surface area contributed by atoms with Crippen LogP contribution in [0.15, 0.2) is 30.9 Å². The fourth-order valence-corrected chi connectivity index (χ4v) is 1.18. The summed E-state index contributed by atoms with van der Waals surface area (Å²) in [6, 6.07) is 3.83. The molecular formula is C11H13NO3. The molecule has 4 heteroatoms. The third-order valence-corrected chi connectivity index (χ3v) is 1.96. The van der Waals surface area contributed by atoms with Gasteiger partial charge >= 0.3 is 0 Å². The van der Waals surface area contributed by atoms with Crippen LogP contribution in [0.5, 0.6) is 11.5 Å². The number of amides is 1. The topological polar surface area (TPSA) is 60.8 Å². The Labute approximate surface area is 88.1 Å². The van der Waals surface area contributed by atoms with E-state index in [9.17, 15) is 15.0 Å². The molecule has 80 valence electrons. The second-order valence-electron chi connectivity index (χ2n) is 3.18. The van der Waals surface area contributed by atoms with Gasteiger partial charge in [0, 0.05) is 13.6 Å². The Kier molecular flexibility index (Phi) is 3.33. The Morgan fingerprint density at radius 1 is 1.53 bits per heavy atom. The van der Waals surface area contributed by atoms with Crippen molar-refractivity contribution in [3.05, 3.63) is 36.4 Å². The summed E-state index contributed by atoms with van der Waals surface area (Å²) < 4.78 is 0. The van der Waals surface area contributed by atoms with Crippen molar-refractivity contribution in [2.24, 2.45) is 0 Å². The minimum atomic E-state index is -0.358. The average molecular weight is 207 g/mol. The van der Waals surface area contributed by atoms with Gasteiger partial charge in [0.1, 0.15) is 11.5 Å². The molecule has 2 N–H and O–H groups in total. The SMILES string of the molecule is C=CCN(C)C(=O)c1cc(O)ccc1O. The van der Waals surface area contributed by atoms with Gasteiger partial charge in [0.25, 0.3) is 5.91 Å². The van der Waals surface area contributed by atoms with Crippen molar-refractivity contribution in [3.8, 4) is 11.5 Å². The van der Waals surface area contributed by atoms with E-state index in [0.29, 0.717) is 6.54 Å². The summed E-state index contributed by atoms with van der Waals surface area (Å²) in [6.07, 6.45) is 1.58. The highest BCUT2D eigenvalue weighted by atomic mass is 16.3. The summed E-state index contributed by atoms with van der Waals surface area (Å²) in [6.45, 7) is 3.89. The molecule has 0 bridgehead atoms. The number of phenols is 2. The molecule has 0 fully saturated rings. The predicted octanol–water partition coefficient (Wildman–Crippen LogP) is 1.36. The molecule has 0 radical (unpaired) electrons. The van der Waals surface area contributed by atoms with Crippen molar-refractivity contribution in [2.45, 2.75) is 0 Å². The van der Waals surface area contributed by atoms with Crippen LogP contribution in [0.4, 0.5) is 0 Å². The van der Waals surface area contributed by atoms with E-state index < -0.39 is 0 Å². The number of benzene rings is 1. The molecule has 0 heterocycles. The molecule has 1 amide bonds. The quantitative estimate of drug-likeness (QED) is 0.581. The molecule has 0 spiro atoms. The normalized spacial score (nSPS) is 9.67. The number of aromatic hydroxyl groups is 2. The van der Waals surface area contributed by atoms with Crippen molar-refractivity contribution in [2.75, 3.05) is 13.6 Å². The maximum absolute atomic E-state index is 11.7. The van der Waals surface area contributed by atoms with Crippen LogP contribution in [0.1, 0.15) is 10.4 Å². The highest BCUT2D eigenvalue weighted by Gasteiger charge is 2.15. The predicted molar refractivity (Wildman–Crippen MR) is 56.9 cm³/mol. The first-order chi connectivity index (χ1) is 7.06. The van der Waals surface area contributed by atoms with Gasteiger partial charge < -0.3 is 15.1 Å². The monoisotopic (exact) mass is 207 g/mol. The molecule has 0 aliphatic rings. The van der Waals surface area contributed by atoms with Gasteiger partial charge in [-0.25, -0.2) is 0 Å². The van der Waals surface area contributed by atoms with Crippen LogP contribution in [0, 0.1) is 0 Å². The van der Waals surface area contributed by atoms with Crippen LogP contribution in [-0.4, -0.2) is 34.6 Å². The van der Waals surface area contributed by atoms with E-state index in [2.05, 4.69) is 6.58 Å². The third kappa shape index (κ3) is 2.49. The van der Waals surface area contributed by atoms with Gasteiger partial charge in [0.05, 0.1) is 5.56 Å². The van der Waals surface area contributed by atoms with E-state index in [0.717, 1.165) is 0 Å². The van der Waals surface area contributed by atoms with Crippen molar-refractivity contribution in [3.63, 3.8) is 0 Å². The number of phenolic OH excluding ortho intramolecular Hbond substituents is 2. The summed E-state index contributed by atoms with van der Waals surface area (Å²) in [7, 11) is 1.59. The number of carbonyl (C=O) groups is 1. The smallest absolute Gasteiger partial charge is 0.257 e. The first kappa shape index (κ1) is 11.1. The van der Waals surface area contributed by atoms with Gasteiger partial charge in [0.15, 0.2) is 0 Å². The van der Waals surface area contributed by atoms with Crippen molar-refractivity contribution in [1.82, 2.24) is 4.90 Å². The van der Waals surface area contributed by atoms with Gasteiger partial charge in [0.2, 0.25) is 0 Å². The summed E-state index contributed by atoms with van der Waals surface area (Å²) in [5.41, 5.74) is 0.0827. The van der Waals surface area contributed by atoms with E-state index in [1.54, 1.807) is 13.1 Å². The van der Waals surface area contributed by atoms with Crippen LogP contribution in [0.25, 0.3) is 0 Å². The minimum Gasteiger partial charge on any atom is -0.508 e. The van der Waals surface area contributed by atoms with E-state index in [1.165, 1.54) is 23.1 Å². The molecule has 0 aliphatic heterocycles. The lowest BCUT2D eigenvalue weighted by molar-refractivity contribution is 0.0807. The second kappa shape index (κ2) is 4.50. The molecule has 0 atom stereocenters. The van der Waals surface area contributed by atoms with Crippen molar-refractivity contribution < 1.29 is 15.0 Å². The Bertz CT molecular complexity index is 387. The highest BCUT2D eigenvalue weighted by Crippen LogP contribution is 2.23. The van der Waals surface area contributed by atoms with E-state index in [1.807, 2.05) is 0 Å². The summed E-state index contributed by atoms with van der Waals surface area (Å²) in [4.78, 5) is 13.1. The molecule has 0 unspecified atom stereocenters. The number of hydrogen-bond donors (Lipinski definition) is 2. The Hall–Kier alpha value is -1.97. The molecule has 0 aliphatic carbocycles. The van der Waals surface area contributed by atoms with Crippen LogP contribution in [0.3, 0.4) is 0 Å². The Morgan fingerprint density at radius 3 is 2.80 bits per heavy atom. The lowest BCUT2D eigenvalue weighted by Gasteiger charge is -2.15. The van der Waals surface area contributed by atoms with Gasteiger partial charge in [-0.2, -0.15) is 0 Å². The number of nitrogens with zero attached hydrogens (tertiary/aromatic N) is 1. The zero-order chi connectivity index (χ0) is 11.4. The summed E-state index contributed by atoms with van der Waals surface area (Å²) in [5.74, 6) is -0.555. The molecule has 15 heavy (non-hydrogen) atoms. The van der Waals surface area contributed by atoms with Crippen molar-refractivity contribution >= 4 is 5.91 Å². The van der Waals surface area contributed by atoms with Gasteiger partial charge in [-0.3, -0.25) is 4.79 Å². The van der Waals surface area contributed by atoms with Gasteiger partial charge in [-0.15, -0.1) is 6.58 Å². The highest BCUT2D eigenvalue weighted by molar-refractivity contribution is 5.97. The fraction of sp³-hybridized carbons (Fsp3) is 0.182. The first-order valence-corrected chi connectivity index (χ1v) is 4.44. The van der Waals surface area contributed by atoms with E-state index >= 15 is 0 Å². The number of carbonyl (C=O) groups excluding carboxylic acids is 1. The standard InChI is InChI=1S/C11H13NO3/c1-3-6-12(2)11(15)9-7-8(13)4-5-10(9)14/h3-5,7,13-14H,1,6H2,2H3. The number of likely N-dealkylation sites (N-methyl/N-ethyl adjacent to an activating group) is 1. The maximum atomic E-state index is 11.7. The van der Waals surface area contributed by atoms with Crippen LogP contribution in [0.2, 0.25) is 0 Å². The summed E-state index contributed by atoms with van der Waals surface area (Å²) >= 11 is 0. The van der Waals surface area contributed by atoms with Gasteiger partial charge in [-0.05, 0) is 18.2 Å². The van der Waals surface area contributed by atoms with E-state index in [-0.39, 0.29) is 23.0 Å². The lowest BCUT2D eigenvalue weighted by Crippen LogP contribution is -2.26. The number of hydrogen-bond acceptors (Lipinski definition) is 3. The fourth-order valence-electron chi connectivity index (χ4n) is 1.18.